The Bertz CT molecular complexity index is 413. The van der Waals surface area contributed by atoms with Gasteiger partial charge in [0.1, 0.15) is 0 Å². The van der Waals surface area contributed by atoms with Crippen LogP contribution in [-0.2, 0) is 4.79 Å². The van der Waals surface area contributed by atoms with Gasteiger partial charge in [0, 0.05) is 12.0 Å². The minimum atomic E-state index is -0.888. The van der Waals surface area contributed by atoms with Crippen LogP contribution < -0.4 is 10.6 Å². The number of rotatable bonds is 27. The van der Waals surface area contributed by atoms with Crippen molar-refractivity contribution in [3.05, 3.63) is 12.2 Å². The van der Waals surface area contributed by atoms with E-state index in [2.05, 4.69) is 31.1 Å². The molecule has 0 saturated heterocycles. The lowest BCUT2D eigenvalue weighted by Crippen LogP contribution is -2.43. The largest absolute Gasteiger partial charge is 0.478 e. The Morgan fingerprint density at radius 3 is 1.21 bits per heavy atom. The summed E-state index contributed by atoms with van der Waals surface area (Å²) in [7, 11) is 0. The minimum absolute atomic E-state index is 0.0192. The predicted molar refractivity (Wildman–Crippen MR) is 145 cm³/mol. The van der Waals surface area contributed by atoms with Crippen molar-refractivity contribution in [1.82, 2.24) is 10.6 Å². The topological polar surface area (TPSA) is 61.4 Å². The van der Waals surface area contributed by atoms with E-state index >= 15 is 0 Å². The number of unbranched alkanes of at least 4 members (excludes halogenated alkanes) is 18. The second kappa shape index (κ2) is 25.7. The third-order valence-electron chi connectivity index (χ3n) is 6.60. The van der Waals surface area contributed by atoms with Gasteiger partial charge in [-0.2, -0.15) is 0 Å². The normalized spacial score (nSPS) is 11.4. The van der Waals surface area contributed by atoms with Crippen LogP contribution in [0.25, 0.3) is 0 Å². The Balaban J connectivity index is 3.78. The first-order valence-electron chi connectivity index (χ1n) is 14.5. The van der Waals surface area contributed by atoms with E-state index in [0.29, 0.717) is 6.42 Å². The maximum absolute atomic E-state index is 11.2. The zero-order chi connectivity index (χ0) is 24.4. The molecule has 0 saturated carbocycles. The van der Waals surface area contributed by atoms with Crippen LogP contribution in [0.5, 0.6) is 0 Å². The molecule has 0 rings (SSSR count). The standard InChI is InChI=1S/C29H58N2O2/c1-4-6-8-10-12-14-16-18-20-22-24-30-28(26-27(3)29(32)33)31-25-23-21-19-17-15-13-11-9-7-5-2/h28,30-31H,3-26H2,1-2H3,(H,32,33). The maximum atomic E-state index is 11.2. The summed E-state index contributed by atoms with van der Waals surface area (Å²) in [5.74, 6) is -0.888. The van der Waals surface area contributed by atoms with Crippen LogP contribution in [0.4, 0.5) is 0 Å². The molecule has 0 spiro atoms. The van der Waals surface area contributed by atoms with Gasteiger partial charge in [-0.1, -0.05) is 136 Å². The van der Waals surface area contributed by atoms with E-state index in [1.54, 1.807) is 0 Å². The highest BCUT2D eigenvalue weighted by Gasteiger charge is 2.13. The van der Waals surface area contributed by atoms with Gasteiger partial charge in [0.25, 0.3) is 0 Å². The molecule has 0 aromatic rings. The molecule has 0 unspecified atom stereocenters. The van der Waals surface area contributed by atoms with Gasteiger partial charge in [0.15, 0.2) is 0 Å². The molecule has 0 aromatic carbocycles. The van der Waals surface area contributed by atoms with Crippen molar-refractivity contribution in [1.29, 1.82) is 0 Å². The molecular formula is C29H58N2O2. The monoisotopic (exact) mass is 466 g/mol. The predicted octanol–water partition coefficient (Wildman–Crippen LogP) is 8.36. The molecule has 0 aliphatic carbocycles. The first kappa shape index (κ1) is 32.1. The van der Waals surface area contributed by atoms with Crippen LogP contribution in [0.3, 0.4) is 0 Å². The zero-order valence-electron chi connectivity index (χ0n) is 22.4. The fourth-order valence-electron chi connectivity index (χ4n) is 4.33. The molecule has 0 aliphatic heterocycles. The van der Waals surface area contributed by atoms with E-state index in [4.69, 9.17) is 0 Å². The van der Waals surface area contributed by atoms with Gasteiger partial charge in [-0.25, -0.2) is 4.79 Å². The van der Waals surface area contributed by atoms with Gasteiger partial charge in [0.2, 0.25) is 0 Å². The van der Waals surface area contributed by atoms with Crippen molar-refractivity contribution >= 4 is 5.97 Å². The van der Waals surface area contributed by atoms with Crippen LogP contribution in [0.1, 0.15) is 149 Å². The summed E-state index contributed by atoms with van der Waals surface area (Å²) in [5, 5.41) is 16.3. The summed E-state index contributed by atoms with van der Waals surface area (Å²) in [4.78, 5) is 11.2. The van der Waals surface area contributed by atoms with Crippen LogP contribution in [0.2, 0.25) is 0 Å². The van der Waals surface area contributed by atoms with Crippen LogP contribution in [0, 0.1) is 0 Å². The number of carboxylic acids is 1. The van der Waals surface area contributed by atoms with E-state index in [1.807, 2.05) is 0 Å². The molecular weight excluding hydrogens is 408 g/mol. The van der Waals surface area contributed by atoms with E-state index in [-0.39, 0.29) is 11.7 Å². The van der Waals surface area contributed by atoms with Crippen molar-refractivity contribution in [3.63, 3.8) is 0 Å². The SMILES string of the molecule is C=C(CC(NCCCCCCCCCCCC)NCCCCCCCCCCCC)C(=O)O. The number of aliphatic carboxylic acids is 1. The van der Waals surface area contributed by atoms with E-state index in [9.17, 15) is 9.90 Å². The smallest absolute Gasteiger partial charge is 0.331 e. The molecule has 0 aromatic heterocycles. The molecule has 0 bridgehead atoms. The number of carboxylic acid groups (broad SMARTS) is 1. The maximum Gasteiger partial charge on any atom is 0.331 e. The van der Waals surface area contributed by atoms with E-state index in [1.165, 1.54) is 116 Å². The second-order valence-corrected chi connectivity index (χ2v) is 9.94. The summed E-state index contributed by atoms with van der Waals surface area (Å²) in [6.07, 6.45) is 27.2. The van der Waals surface area contributed by atoms with Gasteiger partial charge in [-0.15, -0.1) is 0 Å². The van der Waals surface area contributed by atoms with Crippen molar-refractivity contribution in [2.45, 2.75) is 155 Å². The van der Waals surface area contributed by atoms with E-state index < -0.39 is 5.97 Å². The molecule has 4 heteroatoms. The third kappa shape index (κ3) is 24.1. The molecule has 33 heavy (non-hydrogen) atoms. The van der Waals surface area contributed by atoms with Gasteiger partial charge < -0.3 is 15.7 Å². The summed E-state index contributed by atoms with van der Waals surface area (Å²) in [6, 6.07) is 0. The van der Waals surface area contributed by atoms with Crippen LogP contribution >= 0.6 is 0 Å². The number of carbonyl (C=O) groups is 1. The number of nitrogens with one attached hydrogen (secondary N) is 2. The minimum Gasteiger partial charge on any atom is -0.478 e. The average molecular weight is 467 g/mol. The molecule has 4 nitrogen and oxygen atoms in total. The number of hydrogen-bond acceptors (Lipinski definition) is 3. The highest BCUT2D eigenvalue weighted by atomic mass is 16.4. The number of hydrogen-bond donors (Lipinski definition) is 3. The Morgan fingerprint density at radius 2 is 0.909 bits per heavy atom. The molecule has 0 heterocycles. The average Bonchev–Trinajstić information content (AvgIpc) is 2.80. The van der Waals surface area contributed by atoms with Crippen LogP contribution in [0.15, 0.2) is 12.2 Å². The lowest BCUT2D eigenvalue weighted by Gasteiger charge is -2.20. The van der Waals surface area contributed by atoms with Gasteiger partial charge >= 0.3 is 5.97 Å². The van der Waals surface area contributed by atoms with Gasteiger partial charge in [0.05, 0.1) is 6.17 Å². The van der Waals surface area contributed by atoms with Crippen LogP contribution in [-0.4, -0.2) is 30.3 Å². The molecule has 196 valence electrons. The Hall–Kier alpha value is -0.870. The van der Waals surface area contributed by atoms with Gasteiger partial charge in [-0.05, 0) is 25.9 Å². The van der Waals surface area contributed by atoms with Gasteiger partial charge in [-0.3, -0.25) is 0 Å². The molecule has 0 fully saturated rings. The highest BCUT2D eigenvalue weighted by molar-refractivity contribution is 5.85. The Morgan fingerprint density at radius 1 is 0.606 bits per heavy atom. The lowest BCUT2D eigenvalue weighted by molar-refractivity contribution is -0.132. The zero-order valence-corrected chi connectivity index (χ0v) is 22.4. The molecule has 3 N–H and O–H groups in total. The molecule has 0 radical (unpaired) electrons. The first-order chi connectivity index (χ1) is 16.1. The van der Waals surface area contributed by atoms with Crippen molar-refractivity contribution in [2.24, 2.45) is 0 Å². The molecule has 0 amide bonds. The fourth-order valence-corrected chi connectivity index (χ4v) is 4.33. The third-order valence-corrected chi connectivity index (χ3v) is 6.60. The summed E-state index contributed by atoms with van der Waals surface area (Å²) in [5.41, 5.74) is 0.283. The summed E-state index contributed by atoms with van der Waals surface area (Å²) < 4.78 is 0. The summed E-state index contributed by atoms with van der Waals surface area (Å²) in [6.45, 7) is 10.1. The molecule has 0 atom stereocenters. The molecule has 0 aliphatic rings. The Labute approximate surface area is 206 Å². The van der Waals surface area contributed by atoms with Crippen molar-refractivity contribution in [2.75, 3.05) is 13.1 Å². The first-order valence-corrected chi connectivity index (χ1v) is 14.5. The van der Waals surface area contributed by atoms with Crippen molar-refractivity contribution < 1.29 is 9.90 Å². The summed E-state index contributed by atoms with van der Waals surface area (Å²) >= 11 is 0. The fraction of sp³-hybridized carbons (Fsp3) is 0.897. The van der Waals surface area contributed by atoms with E-state index in [0.717, 1.165) is 25.9 Å². The lowest BCUT2D eigenvalue weighted by atomic mass is 10.1. The second-order valence-electron chi connectivity index (χ2n) is 9.94. The highest BCUT2D eigenvalue weighted by Crippen LogP contribution is 2.12. The quantitative estimate of drug-likeness (QED) is 0.0646. The van der Waals surface area contributed by atoms with Crippen molar-refractivity contribution in [3.8, 4) is 0 Å². The Kier molecular flexibility index (Phi) is 25.1.